The lowest BCUT2D eigenvalue weighted by Crippen LogP contribution is -2.19. The highest BCUT2D eigenvalue weighted by Gasteiger charge is 2.24. The molecule has 0 saturated heterocycles. The number of aliphatic hydroxyl groups is 1. The molecule has 0 aliphatic heterocycles. The third-order valence-corrected chi connectivity index (χ3v) is 5.18. The number of rotatable bonds is 6. The molecule has 6 heteroatoms. The monoisotopic (exact) mass is 320 g/mol. The minimum atomic E-state index is -3.81. The first-order valence-corrected chi connectivity index (χ1v) is 8.55. The SMILES string of the molecule is CC(O)S(=O)(=O)c1cc(N)ccc1NCCc1ccccc1. The minimum absolute atomic E-state index is 0.0237. The van der Waals surface area contributed by atoms with E-state index in [0.29, 0.717) is 17.9 Å². The quantitative estimate of drug-likeness (QED) is 0.708. The van der Waals surface area contributed by atoms with Crippen LogP contribution in [0.1, 0.15) is 12.5 Å². The summed E-state index contributed by atoms with van der Waals surface area (Å²) >= 11 is 0. The molecule has 0 aromatic heterocycles. The number of hydrogen-bond donors (Lipinski definition) is 3. The Morgan fingerprint density at radius 2 is 1.86 bits per heavy atom. The number of nitrogens with two attached hydrogens (primary N) is 1. The van der Waals surface area contributed by atoms with E-state index in [1.165, 1.54) is 13.0 Å². The van der Waals surface area contributed by atoms with Crippen molar-refractivity contribution in [1.29, 1.82) is 0 Å². The van der Waals surface area contributed by atoms with E-state index in [0.717, 1.165) is 12.0 Å². The maximum absolute atomic E-state index is 12.2. The first-order valence-electron chi connectivity index (χ1n) is 7.00. The summed E-state index contributed by atoms with van der Waals surface area (Å²) in [6.45, 7) is 1.81. The summed E-state index contributed by atoms with van der Waals surface area (Å²) in [6, 6.07) is 14.5. The molecule has 0 amide bonds. The Kier molecular flexibility index (Phi) is 5.05. The van der Waals surface area contributed by atoms with Crippen LogP contribution in [0.3, 0.4) is 0 Å². The number of benzene rings is 2. The second-order valence-corrected chi connectivity index (χ2v) is 7.27. The van der Waals surface area contributed by atoms with Gasteiger partial charge in [0.05, 0.1) is 10.6 Å². The molecule has 2 aromatic carbocycles. The van der Waals surface area contributed by atoms with Gasteiger partial charge in [0.2, 0.25) is 9.84 Å². The fraction of sp³-hybridized carbons (Fsp3) is 0.250. The molecular weight excluding hydrogens is 300 g/mol. The van der Waals surface area contributed by atoms with Crippen molar-refractivity contribution >= 4 is 21.2 Å². The number of anilines is 2. The molecule has 0 saturated carbocycles. The zero-order valence-corrected chi connectivity index (χ0v) is 13.2. The van der Waals surface area contributed by atoms with E-state index in [4.69, 9.17) is 5.73 Å². The van der Waals surface area contributed by atoms with Gasteiger partial charge >= 0.3 is 0 Å². The van der Waals surface area contributed by atoms with E-state index in [9.17, 15) is 13.5 Å². The molecule has 4 N–H and O–H groups in total. The second kappa shape index (κ2) is 6.81. The molecule has 118 valence electrons. The number of sulfone groups is 1. The molecule has 0 bridgehead atoms. The van der Waals surface area contributed by atoms with Crippen LogP contribution in [-0.2, 0) is 16.3 Å². The van der Waals surface area contributed by atoms with Crippen molar-refractivity contribution in [2.24, 2.45) is 0 Å². The molecular formula is C16H20N2O3S. The molecule has 0 radical (unpaired) electrons. The van der Waals surface area contributed by atoms with Crippen LogP contribution in [0, 0.1) is 0 Å². The Hall–Kier alpha value is -2.05. The van der Waals surface area contributed by atoms with E-state index < -0.39 is 15.3 Å². The van der Waals surface area contributed by atoms with Gasteiger partial charge in [-0.15, -0.1) is 0 Å². The zero-order chi connectivity index (χ0) is 16.2. The summed E-state index contributed by atoms with van der Waals surface area (Å²) in [7, 11) is -3.81. The summed E-state index contributed by atoms with van der Waals surface area (Å²) in [4.78, 5) is 0.0237. The fourth-order valence-corrected chi connectivity index (χ4v) is 3.20. The van der Waals surface area contributed by atoms with Gasteiger partial charge in [0.15, 0.2) is 5.44 Å². The molecule has 0 heterocycles. The average Bonchev–Trinajstić information content (AvgIpc) is 2.49. The molecule has 5 nitrogen and oxygen atoms in total. The third-order valence-electron chi connectivity index (χ3n) is 3.33. The molecule has 0 aliphatic rings. The van der Waals surface area contributed by atoms with Crippen LogP contribution in [0.25, 0.3) is 0 Å². The maximum Gasteiger partial charge on any atom is 0.206 e. The van der Waals surface area contributed by atoms with Gasteiger partial charge < -0.3 is 16.2 Å². The van der Waals surface area contributed by atoms with Gasteiger partial charge in [-0.3, -0.25) is 0 Å². The van der Waals surface area contributed by atoms with Crippen LogP contribution in [-0.4, -0.2) is 25.5 Å². The number of nitrogen functional groups attached to an aromatic ring is 1. The first-order chi connectivity index (χ1) is 10.4. The average molecular weight is 320 g/mol. The largest absolute Gasteiger partial charge is 0.399 e. The molecule has 0 aliphatic carbocycles. The first kappa shape index (κ1) is 16.3. The van der Waals surface area contributed by atoms with Crippen LogP contribution < -0.4 is 11.1 Å². The van der Waals surface area contributed by atoms with Crippen LogP contribution in [0.15, 0.2) is 53.4 Å². The van der Waals surface area contributed by atoms with Crippen molar-refractivity contribution in [3.63, 3.8) is 0 Å². The van der Waals surface area contributed by atoms with Gasteiger partial charge in [-0.05, 0) is 37.1 Å². The summed E-state index contributed by atoms with van der Waals surface area (Å²) in [5.74, 6) is 0. The van der Waals surface area contributed by atoms with Gasteiger partial charge in [-0.25, -0.2) is 8.42 Å². The normalized spacial score (nSPS) is 12.8. The van der Waals surface area contributed by atoms with Gasteiger partial charge in [-0.1, -0.05) is 30.3 Å². The van der Waals surface area contributed by atoms with E-state index in [1.807, 2.05) is 30.3 Å². The van der Waals surface area contributed by atoms with Gasteiger partial charge in [-0.2, -0.15) is 0 Å². The fourth-order valence-electron chi connectivity index (χ4n) is 2.09. The summed E-state index contributed by atoms with van der Waals surface area (Å²) in [5.41, 5.74) is 6.14. The maximum atomic E-state index is 12.2. The van der Waals surface area contributed by atoms with E-state index in [-0.39, 0.29) is 4.90 Å². The van der Waals surface area contributed by atoms with Crippen LogP contribution >= 0.6 is 0 Å². The summed E-state index contributed by atoms with van der Waals surface area (Å²) < 4.78 is 24.4. The van der Waals surface area contributed by atoms with Gasteiger partial charge in [0.25, 0.3) is 0 Å². The van der Waals surface area contributed by atoms with Crippen LogP contribution in [0.2, 0.25) is 0 Å². The molecule has 0 spiro atoms. The highest BCUT2D eigenvalue weighted by Crippen LogP contribution is 2.26. The molecule has 0 fully saturated rings. The molecule has 2 aromatic rings. The predicted octanol–water partition coefficient (Wildman–Crippen LogP) is 2.04. The van der Waals surface area contributed by atoms with Crippen molar-refractivity contribution in [2.75, 3.05) is 17.6 Å². The Labute approximate surface area is 130 Å². The molecule has 2 rings (SSSR count). The van der Waals surface area contributed by atoms with Gasteiger partial charge in [0.1, 0.15) is 0 Å². The Balaban J connectivity index is 2.17. The molecule has 1 unspecified atom stereocenters. The smallest absolute Gasteiger partial charge is 0.206 e. The lowest BCUT2D eigenvalue weighted by molar-refractivity contribution is 0.268. The van der Waals surface area contributed by atoms with Crippen molar-refractivity contribution in [2.45, 2.75) is 23.7 Å². The van der Waals surface area contributed by atoms with Crippen molar-refractivity contribution in [3.05, 3.63) is 54.1 Å². The topological polar surface area (TPSA) is 92.4 Å². The summed E-state index contributed by atoms with van der Waals surface area (Å²) in [6.07, 6.45) is 0.763. The van der Waals surface area contributed by atoms with Crippen LogP contribution in [0.4, 0.5) is 11.4 Å². The Morgan fingerprint density at radius 1 is 1.18 bits per heavy atom. The molecule has 1 atom stereocenters. The second-order valence-electron chi connectivity index (χ2n) is 5.06. The van der Waals surface area contributed by atoms with Crippen molar-refractivity contribution in [3.8, 4) is 0 Å². The van der Waals surface area contributed by atoms with E-state index >= 15 is 0 Å². The highest BCUT2D eigenvalue weighted by molar-refractivity contribution is 7.92. The third kappa shape index (κ3) is 3.78. The number of aliphatic hydroxyl groups excluding tert-OH is 1. The Bertz CT molecular complexity index is 728. The lowest BCUT2D eigenvalue weighted by Gasteiger charge is -2.15. The number of hydrogen-bond acceptors (Lipinski definition) is 5. The van der Waals surface area contributed by atoms with Crippen molar-refractivity contribution in [1.82, 2.24) is 0 Å². The highest BCUT2D eigenvalue weighted by atomic mass is 32.2. The minimum Gasteiger partial charge on any atom is -0.399 e. The zero-order valence-electron chi connectivity index (χ0n) is 12.4. The lowest BCUT2D eigenvalue weighted by atomic mass is 10.1. The van der Waals surface area contributed by atoms with Crippen molar-refractivity contribution < 1.29 is 13.5 Å². The van der Waals surface area contributed by atoms with Crippen LogP contribution in [0.5, 0.6) is 0 Å². The predicted molar refractivity (Wildman–Crippen MR) is 88.4 cm³/mol. The number of nitrogens with one attached hydrogen (secondary N) is 1. The van der Waals surface area contributed by atoms with Gasteiger partial charge in [0, 0.05) is 12.2 Å². The molecule has 22 heavy (non-hydrogen) atoms. The standard InChI is InChI=1S/C16H20N2O3S/c1-12(19)22(20,21)16-11-14(17)7-8-15(16)18-10-9-13-5-3-2-4-6-13/h2-8,11-12,18-19H,9-10,17H2,1H3. The van der Waals surface area contributed by atoms with E-state index in [2.05, 4.69) is 5.32 Å². The Morgan fingerprint density at radius 3 is 2.50 bits per heavy atom. The van der Waals surface area contributed by atoms with E-state index in [1.54, 1.807) is 12.1 Å². The summed E-state index contributed by atoms with van der Waals surface area (Å²) in [5, 5.41) is 12.6.